The van der Waals surface area contributed by atoms with Crippen molar-refractivity contribution in [3.63, 3.8) is 0 Å². The summed E-state index contributed by atoms with van der Waals surface area (Å²) < 4.78 is 0. The number of rotatable bonds is 9. The van der Waals surface area contributed by atoms with Crippen LogP contribution in [0.5, 0.6) is 0 Å². The van der Waals surface area contributed by atoms with Gasteiger partial charge in [0, 0.05) is 43.2 Å². The van der Waals surface area contributed by atoms with Crippen LogP contribution in [0.15, 0.2) is 40.2 Å². The lowest BCUT2D eigenvalue weighted by Crippen LogP contribution is -2.41. The van der Waals surface area contributed by atoms with Gasteiger partial charge in [-0.25, -0.2) is 0 Å². The molecule has 0 saturated heterocycles. The summed E-state index contributed by atoms with van der Waals surface area (Å²) in [6.45, 7) is 6.34. The third kappa shape index (κ3) is 9.13. The van der Waals surface area contributed by atoms with Gasteiger partial charge < -0.3 is 16.0 Å². The van der Waals surface area contributed by atoms with Gasteiger partial charge in [0.25, 0.3) is 0 Å². The highest BCUT2D eigenvalue weighted by atomic mass is 32.2. The standard InChI is InChI=1S/C17H28N4OS/c1-4-11-19-16(22)10-12-20-17(18-3)21-13-14(2)23-15-8-6-5-7-9-15/h5-9,14H,4,10-13H2,1-3H3,(H,19,22)(H2,18,20,21). The van der Waals surface area contributed by atoms with Gasteiger partial charge in [-0.05, 0) is 18.6 Å². The third-order valence-electron chi connectivity index (χ3n) is 3.08. The van der Waals surface area contributed by atoms with E-state index in [1.54, 1.807) is 7.05 Å². The number of thioether (sulfide) groups is 1. The molecule has 1 rings (SSSR count). The molecule has 1 amide bonds. The van der Waals surface area contributed by atoms with E-state index in [9.17, 15) is 4.79 Å². The Morgan fingerprint density at radius 2 is 1.91 bits per heavy atom. The van der Waals surface area contributed by atoms with Gasteiger partial charge in [-0.15, -0.1) is 11.8 Å². The van der Waals surface area contributed by atoms with Crippen LogP contribution in [0, 0.1) is 0 Å². The number of guanidine groups is 1. The second kappa shape index (κ2) is 11.8. The van der Waals surface area contributed by atoms with Crippen molar-refractivity contribution in [1.29, 1.82) is 0 Å². The fourth-order valence-corrected chi connectivity index (χ4v) is 2.83. The normalized spacial score (nSPS) is 12.6. The largest absolute Gasteiger partial charge is 0.356 e. The molecule has 0 heterocycles. The molecule has 23 heavy (non-hydrogen) atoms. The molecular weight excluding hydrogens is 308 g/mol. The van der Waals surface area contributed by atoms with E-state index in [0.29, 0.717) is 18.2 Å². The molecule has 0 saturated carbocycles. The average molecular weight is 337 g/mol. The number of nitrogens with one attached hydrogen (secondary N) is 3. The molecule has 0 fully saturated rings. The highest BCUT2D eigenvalue weighted by Gasteiger charge is 2.06. The molecule has 0 aliphatic carbocycles. The molecule has 1 aromatic rings. The summed E-state index contributed by atoms with van der Waals surface area (Å²) >= 11 is 1.82. The van der Waals surface area contributed by atoms with Crippen molar-refractivity contribution in [2.45, 2.75) is 36.8 Å². The van der Waals surface area contributed by atoms with Crippen molar-refractivity contribution in [1.82, 2.24) is 16.0 Å². The second-order valence-corrected chi connectivity index (χ2v) is 6.73. The lowest BCUT2D eigenvalue weighted by Gasteiger charge is -2.15. The monoisotopic (exact) mass is 336 g/mol. The zero-order valence-electron chi connectivity index (χ0n) is 14.3. The van der Waals surface area contributed by atoms with E-state index in [-0.39, 0.29) is 5.91 Å². The Balaban J connectivity index is 2.22. The molecule has 0 spiro atoms. The van der Waals surface area contributed by atoms with Crippen molar-refractivity contribution in [2.75, 3.05) is 26.7 Å². The van der Waals surface area contributed by atoms with Gasteiger partial charge >= 0.3 is 0 Å². The Bertz CT molecular complexity index is 479. The van der Waals surface area contributed by atoms with Crippen LogP contribution in [-0.4, -0.2) is 43.8 Å². The van der Waals surface area contributed by atoms with Gasteiger partial charge in [-0.2, -0.15) is 0 Å². The molecular formula is C17H28N4OS. The van der Waals surface area contributed by atoms with Gasteiger partial charge in [0.15, 0.2) is 5.96 Å². The van der Waals surface area contributed by atoms with Gasteiger partial charge in [-0.3, -0.25) is 9.79 Å². The van der Waals surface area contributed by atoms with Gasteiger partial charge in [0.1, 0.15) is 0 Å². The van der Waals surface area contributed by atoms with E-state index in [1.165, 1.54) is 4.90 Å². The predicted molar refractivity (Wildman–Crippen MR) is 99.0 cm³/mol. The summed E-state index contributed by atoms with van der Waals surface area (Å²) in [5.41, 5.74) is 0. The Morgan fingerprint density at radius 3 is 2.57 bits per heavy atom. The predicted octanol–water partition coefficient (Wildman–Crippen LogP) is 2.25. The zero-order valence-corrected chi connectivity index (χ0v) is 15.1. The lowest BCUT2D eigenvalue weighted by molar-refractivity contribution is -0.120. The quantitative estimate of drug-likeness (QED) is 0.368. The number of nitrogens with zero attached hydrogens (tertiary/aromatic N) is 1. The van der Waals surface area contributed by atoms with E-state index in [4.69, 9.17) is 0 Å². The van der Waals surface area contributed by atoms with Crippen LogP contribution in [-0.2, 0) is 4.79 Å². The zero-order chi connectivity index (χ0) is 16.9. The molecule has 0 radical (unpaired) electrons. The van der Waals surface area contributed by atoms with Crippen LogP contribution in [0.4, 0.5) is 0 Å². The Kier molecular flexibility index (Phi) is 9.95. The van der Waals surface area contributed by atoms with Crippen LogP contribution < -0.4 is 16.0 Å². The van der Waals surface area contributed by atoms with Crippen molar-refractivity contribution < 1.29 is 4.79 Å². The number of benzene rings is 1. The minimum atomic E-state index is 0.0720. The Hall–Kier alpha value is -1.69. The molecule has 1 aromatic carbocycles. The minimum Gasteiger partial charge on any atom is -0.356 e. The first-order valence-electron chi connectivity index (χ1n) is 8.08. The van der Waals surface area contributed by atoms with E-state index in [1.807, 2.05) is 36.9 Å². The topological polar surface area (TPSA) is 65.5 Å². The number of aliphatic imine (C=N–C) groups is 1. The van der Waals surface area contributed by atoms with E-state index >= 15 is 0 Å². The first-order chi connectivity index (χ1) is 11.2. The first kappa shape index (κ1) is 19.4. The van der Waals surface area contributed by atoms with Crippen LogP contribution in [0.2, 0.25) is 0 Å². The highest BCUT2D eigenvalue weighted by molar-refractivity contribution is 8.00. The molecule has 0 bridgehead atoms. The van der Waals surface area contributed by atoms with Crippen LogP contribution >= 0.6 is 11.8 Å². The molecule has 5 nitrogen and oxygen atoms in total. The Morgan fingerprint density at radius 1 is 1.17 bits per heavy atom. The smallest absolute Gasteiger partial charge is 0.221 e. The van der Waals surface area contributed by atoms with Crippen molar-refractivity contribution in [3.05, 3.63) is 30.3 Å². The van der Waals surface area contributed by atoms with Crippen molar-refractivity contribution >= 4 is 23.6 Å². The van der Waals surface area contributed by atoms with E-state index < -0.39 is 0 Å². The summed E-state index contributed by atoms with van der Waals surface area (Å²) in [5.74, 6) is 0.802. The molecule has 1 unspecified atom stereocenters. The molecule has 0 aromatic heterocycles. The van der Waals surface area contributed by atoms with Crippen LogP contribution in [0.25, 0.3) is 0 Å². The summed E-state index contributed by atoms with van der Waals surface area (Å²) in [5, 5.41) is 9.74. The molecule has 0 aliphatic rings. The van der Waals surface area contributed by atoms with Crippen LogP contribution in [0.1, 0.15) is 26.7 Å². The highest BCUT2D eigenvalue weighted by Crippen LogP contribution is 2.21. The van der Waals surface area contributed by atoms with Crippen molar-refractivity contribution in [3.8, 4) is 0 Å². The SMILES string of the molecule is CCCNC(=O)CCNC(=NC)NCC(C)Sc1ccccc1. The summed E-state index contributed by atoms with van der Waals surface area (Å²) in [6, 6.07) is 10.3. The maximum atomic E-state index is 11.5. The first-order valence-corrected chi connectivity index (χ1v) is 8.96. The Labute approximate surface area is 143 Å². The number of carbonyl (C=O) groups excluding carboxylic acids is 1. The van der Waals surface area contributed by atoms with E-state index in [2.05, 4.69) is 40.0 Å². The number of amides is 1. The molecule has 0 aliphatic heterocycles. The lowest BCUT2D eigenvalue weighted by atomic mass is 10.4. The maximum Gasteiger partial charge on any atom is 0.221 e. The van der Waals surface area contributed by atoms with E-state index in [0.717, 1.165) is 25.5 Å². The van der Waals surface area contributed by atoms with Gasteiger partial charge in [-0.1, -0.05) is 32.0 Å². The minimum absolute atomic E-state index is 0.0720. The summed E-state index contributed by atoms with van der Waals surface area (Å²) in [6.07, 6.45) is 1.41. The molecule has 128 valence electrons. The van der Waals surface area contributed by atoms with Crippen molar-refractivity contribution in [2.24, 2.45) is 4.99 Å². The number of hydrogen-bond donors (Lipinski definition) is 3. The molecule has 1 atom stereocenters. The number of carbonyl (C=O) groups is 1. The summed E-state index contributed by atoms with van der Waals surface area (Å²) in [4.78, 5) is 17.0. The molecule has 6 heteroatoms. The number of hydrogen-bond acceptors (Lipinski definition) is 3. The third-order valence-corrected chi connectivity index (χ3v) is 4.19. The average Bonchev–Trinajstić information content (AvgIpc) is 2.57. The summed E-state index contributed by atoms with van der Waals surface area (Å²) in [7, 11) is 1.74. The second-order valence-electron chi connectivity index (χ2n) is 5.22. The maximum absolute atomic E-state index is 11.5. The van der Waals surface area contributed by atoms with Gasteiger partial charge in [0.05, 0.1) is 0 Å². The van der Waals surface area contributed by atoms with Gasteiger partial charge in [0.2, 0.25) is 5.91 Å². The molecule has 3 N–H and O–H groups in total. The van der Waals surface area contributed by atoms with Crippen LogP contribution in [0.3, 0.4) is 0 Å². The fraction of sp³-hybridized carbons (Fsp3) is 0.529. The fourth-order valence-electron chi connectivity index (χ4n) is 1.88.